The van der Waals surface area contributed by atoms with E-state index in [0.717, 1.165) is 49.7 Å². The van der Waals surface area contributed by atoms with Crippen LogP contribution in [0, 0.1) is 5.82 Å². The molecule has 3 rings (SSSR count). The summed E-state index contributed by atoms with van der Waals surface area (Å²) in [5, 5.41) is 2.99. The van der Waals surface area contributed by atoms with Crippen molar-refractivity contribution in [3.63, 3.8) is 0 Å². The van der Waals surface area contributed by atoms with Crippen molar-refractivity contribution in [1.29, 1.82) is 0 Å². The normalized spacial score (nSPS) is 16.3. The van der Waals surface area contributed by atoms with E-state index in [1.807, 2.05) is 50.2 Å². The Balaban J connectivity index is 1.55. The summed E-state index contributed by atoms with van der Waals surface area (Å²) in [4.78, 5) is 17.1. The second kappa shape index (κ2) is 9.55. The molecule has 1 aliphatic heterocycles. The van der Waals surface area contributed by atoms with Crippen molar-refractivity contribution in [2.75, 3.05) is 43.0 Å². The first-order valence-electron chi connectivity index (χ1n) is 9.85. The number of anilines is 2. The van der Waals surface area contributed by atoms with Gasteiger partial charge in [0.1, 0.15) is 11.6 Å². The first-order chi connectivity index (χ1) is 13.6. The lowest BCUT2D eigenvalue weighted by Gasteiger charge is -2.27. The lowest BCUT2D eigenvalue weighted by molar-refractivity contribution is -0.120. The Morgan fingerprint density at radius 2 is 1.79 bits per heavy atom. The fraction of sp³-hybridized carbons (Fsp3) is 0.409. The van der Waals surface area contributed by atoms with Gasteiger partial charge in [0.2, 0.25) is 5.91 Å². The van der Waals surface area contributed by atoms with Crippen molar-refractivity contribution in [1.82, 2.24) is 4.90 Å². The average Bonchev–Trinajstić information content (AvgIpc) is 2.96. The van der Waals surface area contributed by atoms with E-state index in [-0.39, 0.29) is 17.8 Å². The maximum atomic E-state index is 13.2. The van der Waals surface area contributed by atoms with Gasteiger partial charge in [-0.3, -0.25) is 9.69 Å². The van der Waals surface area contributed by atoms with Crippen LogP contribution in [0.3, 0.4) is 0 Å². The second-order valence-corrected chi connectivity index (χ2v) is 6.98. The molecule has 0 aromatic heterocycles. The van der Waals surface area contributed by atoms with Gasteiger partial charge in [0, 0.05) is 37.6 Å². The molecule has 1 N–H and O–H groups in total. The number of halogens is 1. The van der Waals surface area contributed by atoms with E-state index in [0.29, 0.717) is 6.61 Å². The third-order valence-corrected chi connectivity index (χ3v) is 5.08. The van der Waals surface area contributed by atoms with Crippen molar-refractivity contribution in [3.05, 3.63) is 54.3 Å². The molecule has 5 nitrogen and oxygen atoms in total. The highest BCUT2D eigenvalue weighted by atomic mass is 19.1. The maximum absolute atomic E-state index is 13.2. The Morgan fingerprint density at radius 3 is 2.46 bits per heavy atom. The molecule has 1 saturated heterocycles. The van der Waals surface area contributed by atoms with E-state index in [9.17, 15) is 9.18 Å². The zero-order chi connectivity index (χ0) is 19.9. The Morgan fingerprint density at radius 1 is 1.07 bits per heavy atom. The zero-order valence-electron chi connectivity index (χ0n) is 16.5. The highest BCUT2D eigenvalue weighted by Gasteiger charge is 2.24. The molecule has 0 spiro atoms. The summed E-state index contributed by atoms with van der Waals surface area (Å²) in [6.07, 6.45) is 0.956. The predicted octanol–water partition coefficient (Wildman–Crippen LogP) is 3.76. The summed E-state index contributed by atoms with van der Waals surface area (Å²) in [5.41, 5.74) is 1.79. The molecule has 2 aromatic rings. The number of amides is 1. The molecule has 0 radical (unpaired) electrons. The molecule has 0 bridgehead atoms. The van der Waals surface area contributed by atoms with Gasteiger partial charge in [-0.05, 0) is 68.8 Å². The van der Waals surface area contributed by atoms with Crippen LogP contribution < -0.4 is 15.0 Å². The van der Waals surface area contributed by atoms with Gasteiger partial charge in [-0.15, -0.1) is 0 Å². The first-order valence-corrected chi connectivity index (χ1v) is 9.85. The molecular formula is C22H28FN3O2. The number of benzene rings is 2. The van der Waals surface area contributed by atoms with Crippen molar-refractivity contribution in [2.24, 2.45) is 0 Å². The average molecular weight is 385 g/mol. The minimum atomic E-state index is -0.222. The zero-order valence-corrected chi connectivity index (χ0v) is 16.5. The van der Waals surface area contributed by atoms with Gasteiger partial charge in [0.05, 0.1) is 12.6 Å². The molecule has 1 amide bonds. The van der Waals surface area contributed by atoms with E-state index in [2.05, 4.69) is 15.1 Å². The molecule has 0 saturated carbocycles. The van der Waals surface area contributed by atoms with Gasteiger partial charge in [-0.25, -0.2) is 4.39 Å². The number of hydrogen-bond donors (Lipinski definition) is 1. The second-order valence-electron chi connectivity index (χ2n) is 6.98. The summed E-state index contributed by atoms with van der Waals surface area (Å²) < 4.78 is 18.6. The highest BCUT2D eigenvalue weighted by Crippen LogP contribution is 2.19. The van der Waals surface area contributed by atoms with E-state index >= 15 is 0 Å². The van der Waals surface area contributed by atoms with Gasteiger partial charge < -0.3 is 15.0 Å². The fourth-order valence-corrected chi connectivity index (χ4v) is 3.45. The number of rotatable bonds is 6. The van der Waals surface area contributed by atoms with Crippen LogP contribution in [0.1, 0.15) is 20.3 Å². The number of carbonyl (C=O) groups excluding carboxylic acids is 1. The van der Waals surface area contributed by atoms with E-state index in [1.54, 1.807) is 0 Å². The summed E-state index contributed by atoms with van der Waals surface area (Å²) in [7, 11) is 0. The van der Waals surface area contributed by atoms with Crippen molar-refractivity contribution in [3.8, 4) is 5.75 Å². The molecule has 1 aliphatic rings. The smallest absolute Gasteiger partial charge is 0.241 e. The van der Waals surface area contributed by atoms with Crippen LogP contribution in [0.15, 0.2) is 48.5 Å². The van der Waals surface area contributed by atoms with E-state index in [1.165, 1.54) is 12.1 Å². The maximum Gasteiger partial charge on any atom is 0.241 e. The van der Waals surface area contributed by atoms with Crippen LogP contribution in [0.25, 0.3) is 0 Å². The third-order valence-electron chi connectivity index (χ3n) is 5.08. The molecule has 1 atom stereocenters. The molecule has 2 aromatic carbocycles. The summed E-state index contributed by atoms with van der Waals surface area (Å²) in [6.45, 7) is 7.85. The third kappa shape index (κ3) is 5.23. The topological polar surface area (TPSA) is 44.8 Å². The molecule has 1 unspecified atom stereocenters. The van der Waals surface area contributed by atoms with Crippen molar-refractivity contribution >= 4 is 17.3 Å². The highest BCUT2D eigenvalue weighted by molar-refractivity contribution is 5.94. The van der Waals surface area contributed by atoms with Crippen molar-refractivity contribution in [2.45, 2.75) is 26.3 Å². The monoisotopic (exact) mass is 385 g/mol. The van der Waals surface area contributed by atoms with Crippen LogP contribution >= 0.6 is 0 Å². The van der Waals surface area contributed by atoms with Crippen molar-refractivity contribution < 1.29 is 13.9 Å². The summed E-state index contributed by atoms with van der Waals surface area (Å²) in [5.74, 6) is 0.557. The minimum Gasteiger partial charge on any atom is -0.494 e. The number of nitrogens with zero attached hydrogens (tertiary/aromatic N) is 2. The molecule has 1 fully saturated rings. The van der Waals surface area contributed by atoms with Gasteiger partial charge in [-0.2, -0.15) is 0 Å². The van der Waals surface area contributed by atoms with Gasteiger partial charge in [0.25, 0.3) is 0 Å². The molecule has 1 heterocycles. The van der Waals surface area contributed by atoms with Crippen LogP contribution in [0.4, 0.5) is 15.8 Å². The summed E-state index contributed by atoms with van der Waals surface area (Å²) >= 11 is 0. The Bertz CT molecular complexity index is 764. The molecule has 6 heteroatoms. The lowest BCUT2D eigenvalue weighted by atomic mass is 10.2. The van der Waals surface area contributed by atoms with Crippen LogP contribution in [-0.4, -0.2) is 49.6 Å². The first kappa shape index (κ1) is 20.1. The predicted molar refractivity (Wildman–Crippen MR) is 111 cm³/mol. The number of ether oxygens (including phenoxy) is 1. The van der Waals surface area contributed by atoms with Gasteiger partial charge in [-0.1, -0.05) is 0 Å². The van der Waals surface area contributed by atoms with Gasteiger partial charge in [0.15, 0.2) is 0 Å². The lowest BCUT2D eigenvalue weighted by Crippen LogP contribution is -2.43. The van der Waals surface area contributed by atoms with E-state index in [4.69, 9.17) is 4.74 Å². The van der Waals surface area contributed by atoms with E-state index < -0.39 is 0 Å². The van der Waals surface area contributed by atoms with Gasteiger partial charge >= 0.3 is 0 Å². The minimum absolute atomic E-state index is 0.0145. The quantitative estimate of drug-likeness (QED) is 0.822. The standard InChI is InChI=1S/C22H28FN3O2/c1-3-28-21-11-7-19(8-12-21)24-22(27)17(2)25-13-4-14-26(16-15-25)20-9-5-18(23)6-10-20/h5-12,17H,3-4,13-16H2,1-2H3,(H,24,27). The Kier molecular flexibility index (Phi) is 6.87. The molecular weight excluding hydrogens is 357 g/mol. The summed E-state index contributed by atoms with van der Waals surface area (Å²) in [6, 6.07) is 13.8. The Hall–Kier alpha value is -2.60. The molecule has 150 valence electrons. The largest absolute Gasteiger partial charge is 0.494 e. The fourth-order valence-electron chi connectivity index (χ4n) is 3.45. The van der Waals surface area contributed by atoms with Crippen LogP contribution in [0.2, 0.25) is 0 Å². The Labute approximate surface area is 166 Å². The number of carbonyl (C=O) groups is 1. The number of hydrogen-bond acceptors (Lipinski definition) is 4. The molecule has 0 aliphatic carbocycles. The molecule has 28 heavy (non-hydrogen) atoms. The van der Waals surface area contributed by atoms with Crippen LogP contribution in [0.5, 0.6) is 5.75 Å². The number of nitrogens with one attached hydrogen (secondary N) is 1. The van der Waals surface area contributed by atoms with Crippen LogP contribution in [-0.2, 0) is 4.79 Å². The SMILES string of the molecule is CCOc1ccc(NC(=O)C(C)N2CCCN(c3ccc(F)cc3)CC2)cc1.